The zero-order valence-electron chi connectivity index (χ0n) is 33.7. The molecule has 0 heterocycles. The van der Waals surface area contributed by atoms with Gasteiger partial charge in [-0.3, -0.25) is 0 Å². The molecule has 0 saturated carbocycles. The van der Waals surface area contributed by atoms with Gasteiger partial charge in [0.1, 0.15) is 0 Å². The molecule has 0 aromatic heterocycles. The Kier molecular flexibility index (Phi) is 17.9. The number of unbranched alkanes of at least 4 members (excludes halogenated alkanes) is 12. The van der Waals surface area contributed by atoms with Gasteiger partial charge in [0.2, 0.25) is 0 Å². The van der Waals surface area contributed by atoms with E-state index in [1.807, 2.05) is 0 Å². The fourth-order valence-electron chi connectivity index (χ4n) is 8.49. The lowest BCUT2D eigenvalue weighted by molar-refractivity contribution is 0.545. The smallest absolute Gasteiger partial charge is 0.0316 e. The van der Waals surface area contributed by atoms with Crippen molar-refractivity contribution < 1.29 is 0 Å². The minimum absolute atomic E-state index is 0.401. The molecule has 0 saturated heterocycles. The average Bonchev–Trinajstić information content (AvgIpc) is 3.14. The molecule has 0 spiro atoms. The molecule has 0 bridgehead atoms. The third-order valence-electron chi connectivity index (χ3n) is 11.6. The van der Waals surface area contributed by atoms with Crippen molar-refractivity contribution in [3.8, 4) is 0 Å². The van der Waals surface area contributed by atoms with Crippen molar-refractivity contribution in [2.24, 2.45) is 0 Å². The molecule has 4 N–H and O–H groups in total. The monoisotopic (exact) mass is 701 g/mol. The van der Waals surface area contributed by atoms with E-state index in [-0.39, 0.29) is 0 Å². The van der Waals surface area contributed by atoms with Crippen LogP contribution in [0.5, 0.6) is 0 Å². The van der Waals surface area contributed by atoms with Gasteiger partial charge >= 0.3 is 0 Å². The average molecular weight is 701 g/mol. The minimum atomic E-state index is 0.401. The van der Waals surface area contributed by atoms with Crippen LogP contribution >= 0.6 is 0 Å². The van der Waals surface area contributed by atoms with Crippen molar-refractivity contribution in [3.05, 3.63) is 129 Å². The van der Waals surface area contributed by atoms with Crippen molar-refractivity contribution in [1.29, 1.82) is 0 Å². The second kappa shape index (κ2) is 22.5. The Morgan fingerprint density at radius 3 is 1.02 bits per heavy atom. The molecule has 2 unspecified atom stereocenters. The molecule has 282 valence electrons. The van der Waals surface area contributed by atoms with Crippen molar-refractivity contribution in [3.63, 3.8) is 0 Å². The van der Waals surface area contributed by atoms with Gasteiger partial charge in [0.15, 0.2) is 0 Å². The van der Waals surface area contributed by atoms with Crippen LogP contribution in [-0.2, 0) is 0 Å². The lowest BCUT2D eigenvalue weighted by Gasteiger charge is -2.24. The van der Waals surface area contributed by atoms with Gasteiger partial charge in [-0.2, -0.15) is 0 Å². The maximum Gasteiger partial charge on any atom is 0.0316 e. The van der Waals surface area contributed by atoms with E-state index < -0.39 is 0 Å². The van der Waals surface area contributed by atoms with Crippen LogP contribution in [-0.4, -0.2) is 0 Å². The standard InChI is InChI=1S/C50H72N2/c1-6-9-12-13-14-15-16-17-20-21-48(40-24-28-42(29-25-40)49(22-18-10-7-2)46-34-32-44(51)36-38(46)4)41-26-30-43(31-27-41)50(23-19-11-8-3)47-35-33-45(52)37-39(47)5/h24-37,48-50H,6-23,51-52H2,1-5H3. The first-order valence-corrected chi connectivity index (χ1v) is 21.3. The summed E-state index contributed by atoms with van der Waals surface area (Å²) in [5.74, 6) is 1.21. The number of hydrogen-bond acceptors (Lipinski definition) is 2. The second-order valence-corrected chi connectivity index (χ2v) is 15.8. The van der Waals surface area contributed by atoms with E-state index in [0.717, 1.165) is 11.4 Å². The first-order chi connectivity index (χ1) is 25.4. The Morgan fingerprint density at radius 1 is 0.365 bits per heavy atom. The number of nitrogen functional groups attached to an aromatic ring is 2. The van der Waals surface area contributed by atoms with Crippen LogP contribution in [0.1, 0.15) is 199 Å². The Hall–Kier alpha value is -3.52. The zero-order valence-corrected chi connectivity index (χ0v) is 33.7. The number of benzene rings is 4. The topological polar surface area (TPSA) is 52.0 Å². The third kappa shape index (κ3) is 12.6. The van der Waals surface area contributed by atoms with Gasteiger partial charge in [-0.25, -0.2) is 0 Å². The summed E-state index contributed by atoms with van der Waals surface area (Å²) in [6.07, 6.45) is 23.3. The fraction of sp³-hybridized carbons (Fsp3) is 0.520. The summed E-state index contributed by atoms with van der Waals surface area (Å²) in [4.78, 5) is 0. The number of hydrogen-bond donors (Lipinski definition) is 2. The van der Waals surface area contributed by atoms with Crippen LogP contribution in [0.2, 0.25) is 0 Å². The lowest BCUT2D eigenvalue weighted by Crippen LogP contribution is -2.07. The maximum absolute atomic E-state index is 6.18. The van der Waals surface area contributed by atoms with Gasteiger partial charge in [-0.15, -0.1) is 0 Å². The predicted molar refractivity (Wildman–Crippen MR) is 230 cm³/mol. The molecular formula is C50H72N2. The highest BCUT2D eigenvalue weighted by Crippen LogP contribution is 2.38. The van der Waals surface area contributed by atoms with Crippen LogP contribution in [0.25, 0.3) is 0 Å². The van der Waals surface area contributed by atoms with Crippen LogP contribution in [0, 0.1) is 13.8 Å². The molecule has 4 rings (SSSR count). The molecule has 0 aliphatic rings. The quantitative estimate of drug-likeness (QED) is 0.0565. The lowest BCUT2D eigenvalue weighted by atomic mass is 9.81. The Balaban J connectivity index is 1.59. The van der Waals surface area contributed by atoms with E-state index >= 15 is 0 Å². The highest BCUT2D eigenvalue weighted by atomic mass is 14.5. The predicted octanol–water partition coefficient (Wildman–Crippen LogP) is 14.9. The van der Waals surface area contributed by atoms with Crippen molar-refractivity contribution in [1.82, 2.24) is 0 Å². The fourth-order valence-corrected chi connectivity index (χ4v) is 8.49. The number of nitrogens with two attached hydrogens (primary N) is 2. The molecule has 52 heavy (non-hydrogen) atoms. The first-order valence-electron chi connectivity index (χ1n) is 21.3. The SMILES string of the molecule is CCCCCCCCCCCC(c1ccc(C(CCCCC)c2ccc(N)cc2C)cc1)c1ccc(C(CCCCC)c2ccc(N)cc2C)cc1. The maximum atomic E-state index is 6.18. The van der Waals surface area contributed by atoms with Crippen LogP contribution < -0.4 is 11.5 Å². The van der Waals surface area contributed by atoms with E-state index in [1.54, 1.807) is 0 Å². The van der Waals surface area contributed by atoms with Gasteiger partial charge in [-0.05, 0) is 102 Å². The van der Waals surface area contributed by atoms with E-state index in [4.69, 9.17) is 11.5 Å². The molecule has 2 atom stereocenters. The number of aryl methyl sites for hydroxylation is 2. The Labute approximate surface area is 319 Å². The summed E-state index contributed by atoms with van der Waals surface area (Å²) in [6.45, 7) is 11.3. The Bertz CT molecular complexity index is 1460. The molecule has 4 aromatic rings. The first kappa shape index (κ1) is 41.2. The third-order valence-corrected chi connectivity index (χ3v) is 11.6. The highest BCUT2D eigenvalue weighted by Gasteiger charge is 2.21. The summed E-state index contributed by atoms with van der Waals surface area (Å²) in [5.41, 5.74) is 25.3. The summed E-state index contributed by atoms with van der Waals surface area (Å²) in [6, 6.07) is 32.5. The van der Waals surface area contributed by atoms with Gasteiger partial charge in [0.05, 0.1) is 0 Å². The summed E-state index contributed by atoms with van der Waals surface area (Å²) >= 11 is 0. The molecular weight excluding hydrogens is 629 g/mol. The number of anilines is 2. The molecule has 4 aromatic carbocycles. The van der Waals surface area contributed by atoms with Crippen molar-refractivity contribution in [2.75, 3.05) is 11.5 Å². The summed E-state index contributed by atoms with van der Waals surface area (Å²) < 4.78 is 0. The van der Waals surface area contributed by atoms with E-state index in [2.05, 4.69) is 120 Å². The van der Waals surface area contributed by atoms with Gasteiger partial charge in [-0.1, -0.05) is 178 Å². The van der Waals surface area contributed by atoms with Crippen LogP contribution in [0.3, 0.4) is 0 Å². The van der Waals surface area contributed by atoms with Gasteiger partial charge in [0, 0.05) is 29.1 Å². The highest BCUT2D eigenvalue weighted by molar-refractivity contribution is 5.50. The molecule has 0 aliphatic carbocycles. The van der Waals surface area contributed by atoms with Crippen LogP contribution in [0.15, 0.2) is 84.9 Å². The van der Waals surface area contributed by atoms with E-state index in [9.17, 15) is 0 Å². The molecule has 2 nitrogen and oxygen atoms in total. The van der Waals surface area contributed by atoms with Crippen LogP contribution in [0.4, 0.5) is 11.4 Å². The zero-order chi connectivity index (χ0) is 37.1. The largest absolute Gasteiger partial charge is 0.399 e. The van der Waals surface area contributed by atoms with Crippen molar-refractivity contribution in [2.45, 2.75) is 168 Å². The minimum Gasteiger partial charge on any atom is -0.399 e. The molecule has 2 heteroatoms. The number of rotatable bonds is 24. The molecule has 0 radical (unpaired) electrons. The van der Waals surface area contributed by atoms with E-state index in [1.165, 1.54) is 160 Å². The van der Waals surface area contributed by atoms with E-state index in [0.29, 0.717) is 17.8 Å². The van der Waals surface area contributed by atoms with Gasteiger partial charge in [0.25, 0.3) is 0 Å². The molecule has 0 amide bonds. The normalized spacial score (nSPS) is 13.2. The Morgan fingerprint density at radius 2 is 0.654 bits per heavy atom. The summed E-state index contributed by atoms with van der Waals surface area (Å²) in [5, 5.41) is 0. The summed E-state index contributed by atoms with van der Waals surface area (Å²) in [7, 11) is 0. The molecule has 0 aliphatic heterocycles. The second-order valence-electron chi connectivity index (χ2n) is 15.8. The van der Waals surface area contributed by atoms with Gasteiger partial charge < -0.3 is 11.5 Å². The van der Waals surface area contributed by atoms with Crippen molar-refractivity contribution >= 4 is 11.4 Å². The molecule has 0 fully saturated rings.